The first-order valence-corrected chi connectivity index (χ1v) is 6.60. The van der Waals surface area contributed by atoms with E-state index in [1.807, 2.05) is 13.0 Å². The minimum absolute atomic E-state index is 0.195. The Balaban J connectivity index is 1.88. The maximum absolute atomic E-state index is 13.8. The Hall–Kier alpha value is -1.98. The topological polar surface area (TPSA) is 55.6 Å². The normalized spacial score (nSPS) is 14.6. The molecule has 0 amide bonds. The van der Waals surface area contributed by atoms with E-state index >= 15 is 0 Å². The van der Waals surface area contributed by atoms with Gasteiger partial charge in [-0.25, -0.2) is 14.1 Å². The maximum atomic E-state index is 13.8. The van der Waals surface area contributed by atoms with Gasteiger partial charge in [0.25, 0.3) is 0 Å². The van der Waals surface area contributed by atoms with Crippen LogP contribution < -0.4 is 5.32 Å². The molecule has 1 aliphatic rings. The van der Waals surface area contributed by atoms with E-state index in [4.69, 9.17) is 0 Å². The summed E-state index contributed by atoms with van der Waals surface area (Å²) in [7, 11) is 0. The molecule has 2 heterocycles. The van der Waals surface area contributed by atoms with E-state index in [0.717, 1.165) is 18.7 Å². The van der Waals surface area contributed by atoms with Gasteiger partial charge in [-0.2, -0.15) is 10.1 Å². The SMILES string of the molecule is CCCNc1ncc(F)c(-n2ccc(C3CC3)n2)n1. The number of anilines is 1. The number of aromatic nitrogens is 4. The third-order valence-electron chi connectivity index (χ3n) is 3.08. The number of nitrogens with zero attached hydrogens (tertiary/aromatic N) is 4. The average Bonchev–Trinajstić information content (AvgIpc) is 3.16. The zero-order valence-electron chi connectivity index (χ0n) is 10.8. The molecule has 1 N–H and O–H groups in total. The fraction of sp³-hybridized carbons (Fsp3) is 0.462. The molecule has 2 aromatic heterocycles. The summed E-state index contributed by atoms with van der Waals surface area (Å²) < 4.78 is 15.3. The maximum Gasteiger partial charge on any atom is 0.224 e. The van der Waals surface area contributed by atoms with Crippen molar-refractivity contribution in [2.24, 2.45) is 0 Å². The molecule has 0 unspecified atom stereocenters. The molecular weight excluding hydrogens is 245 g/mol. The van der Waals surface area contributed by atoms with Crippen molar-refractivity contribution in [1.82, 2.24) is 19.7 Å². The largest absolute Gasteiger partial charge is 0.354 e. The van der Waals surface area contributed by atoms with Crippen LogP contribution in [0.15, 0.2) is 18.5 Å². The zero-order chi connectivity index (χ0) is 13.2. The third-order valence-corrected chi connectivity index (χ3v) is 3.08. The van der Waals surface area contributed by atoms with Crippen LogP contribution in [0.2, 0.25) is 0 Å². The van der Waals surface area contributed by atoms with E-state index in [-0.39, 0.29) is 5.82 Å². The van der Waals surface area contributed by atoms with Crippen LogP contribution in [0.5, 0.6) is 0 Å². The molecule has 0 radical (unpaired) electrons. The highest BCUT2D eigenvalue weighted by Gasteiger charge is 2.26. The van der Waals surface area contributed by atoms with Crippen LogP contribution in [0.3, 0.4) is 0 Å². The van der Waals surface area contributed by atoms with Gasteiger partial charge in [-0.05, 0) is 25.3 Å². The van der Waals surface area contributed by atoms with Crippen molar-refractivity contribution in [3.8, 4) is 5.82 Å². The molecular formula is C13H16FN5. The molecule has 1 aliphatic carbocycles. The number of rotatable bonds is 5. The van der Waals surface area contributed by atoms with Crippen molar-refractivity contribution in [1.29, 1.82) is 0 Å². The fourth-order valence-corrected chi connectivity index (χ4v) is 1.89. The van der Waals surface area contributed by atoms with E-state index < -0.39 is 5.82 Å². The van der Waals surface area contributed by atoms with Gasteiger partial charge in [-0.3, -0.25) is 0 Å². The number of nitrogens with one attached hydrogen (secondary N) is 1. The molecule has 0 atom stereocenters. The van der Waals surface area contributed by atoms with Crippen molar-refractivity contribution in [2.45, 2.75) is 32.1 Å². The number of hydrogen-bond acceptors (Lipinski definition) is 4. The molecule has 0 bridgehead atoms. The molecule has 1 fully saturated rings. The summed E-state index contributed by atoms with van der Waals surface area (Å²) in [4.78, 5) is 8.09. The summed E-state index contributed by atoms with van der Waals surface area (Å²) >= 11 is 0. The average molecular weight is 261 g/mol. The van der Waals surface area contributed by atoms with E-state index in [1.54, 1.807) is 6.20 Å². The highest BCUT2D eigenvalue weighted by molar-refractivity contribution is 5.33. The molecule has 6 heteroatoms. The van der Waals surface area contributed by atoms with Crippen molar-refractivity contribution < 1.29 is 4.39 Å². The summed E-state index contributed by atoms with van der Waals surface area (Å²) in [6, 6.07) is 1.93. The Bertz CT molecular complexity index is 576. The minimum atomic E-state index is -0.465. The molecule has 0 spiro atoms. The summed E-state index contributed by atoms with van der Waals surface area (Å²) in [5.41, 5.74) is 1.01. The third kappa shape index (κ3) is 2.57. The van der Waals surface area contributed by atoms with Gasteiger partial charge < -0.3 is 5.32 Å². The van der Waals surface area contributed by atoms with Gasteiger partial charge in [0.2, 0.25) is 5.95 Å². The lowest BCUT2D eigenvalue weighted by molar-refractivity contribution is 0.592. The Morgan fingerprint density at radius 3 is 3.05 bits per heavy atom. The standard InChI is InChI=1S/C13H16FN5/c1-2-6-15-13-16-8-10(14)12(17-13)19-7-5-11(18-19)9-3-4-9/h5,7-9H,2-4,6H2,1H3,(H,15,16,17). The van der Waals surface area contributed by atoms with Crippen molar-refractivity contribution in [3.05, 3.63) is 30.0 Å². The monoisotopic (exact) mass is 261 g/mol. The quantitative estimate of drug-likeness (QED) is 0.898. The lowest BCUT2D eigenvalue weighted by atomic mass is 10.3. The second kappa shape index (κ2) is 4.95. The molecule has 19 heavy (non-hydrogen) atoms. The Labute approximate surface area is 110 Å². The van der Waals surface area contributed by atoms with Crippen LogP contribution in [-0.2, 0) is 0 Å². The van der Waals surface area contributed by atoms with Crippen LogP contribution in [0.25, 0.3) is 5.82 Å². The lowest BCUT2D eigenvalue weighted by Crippen LogP contribution is -2.09. The second-order valence-corrected chi connectivity index (χ2v) is 4.75. The summed E-state index contributed by atoms with van der Waals surface area (Å²) in [5.74, 6) is 0.707. The summed E-state index contributed by atoms with van der Waals surface area (Å²) in [6.45, 7) is 2.81. The van der Waals surface area contributed by atoms with Gasteiger partial charge in [0.05, 0.1) is 11.9 Å². The molecule has 1 saturated carbocycles. The molecule has 2 aromatic rings. The smallest absolute Gasteiger partial charge is 0.224 e. The van der Waals surface area contributed by atoms with Crippen LogP contribution in [0.4, 0.5) is 10.3 Å². The van der Waals surface area contributed by atoms with E-state index in [1.165, 1.54) is 23.7 Å². The fourth-order valence-electron chi connectivity index (χ4n) is 1.89. The first kappa shape index (κ1) is 12.1. The predicted molar refractivity (Wildman–Crippen MR) is 69.9 cm³/mol. The van der Waals surface area contributed by atoms with E-state index in [9.17, 15) is 4.39 Å². The Morgan fingerprint density at radius 2 is 2.32 bits per heavy atom. The first-order valence-electron chi connectivity index (χ1n) is 6.60. The minimum Gasteiger partial charge on any atom is -0.354 e. The van der Waals surface area contributed by atoms with E-state index in [0.29, 0.717) is 11.9 Å². The molecule has 0 saturated heterocycles. The van der Waals surface area contributed by atoms with Crippen LogP contribution in [0.1, 0.15) is 37.8 Å². The molecule has 3 rings (SSSR count). The van der Waals surface area contributed by atoms with Gasteiger partial charge in [-0.1, -0.05) is 6.92 Å². The predicted octanol–water partition coefficient (Wildman–Crippen LogP) is 2.50. The van der Waals surface area contributed by atoms with Crippen LogP contribution in [0, 0.1) is 5.82 Å². The van der Waals surface area contributed by atoms with E-state index in [2.05, 4.69) is 20.4 Å². The molecule has 5 nitrogen and oxygen atoms in total. The number of hydrogen-bond donors (Lipinski definition) is 1. The summed E-state index contributed by atoms with van der Waals surface area (Å²) in [5, 5.41) is 7.43. The highest BCUT2D eigenvalue weighted by Crippen LogP contribution is 2.39. The second-order valence-electron chi connectivity index (χ2n) is 4.75. The van der Waals surface area contributed by atoms with Crippen molar-refractivity contribution >= 4 is 5.95 Å². The number of halogens is 1. The van der Waals surface area contributed by atoms with Gasteiger partial charge in [0, 0.05) is 18.7 Å². The van der Waals surface area contributed by atoms with Gasteiger partial charge >= 0.3 is 0 Å². The Morgan fingerprint density at radius 1 is 1.47 bits per heavy atom. The molecule has 0 aromatic carbocycles. The van der Waals surface area contributed by atoms with Crippen LogP contribution >= 0.6 is 0 Å². The van der Waals surface area contributed by atoms with Gasteiger partial charge in [0.15, 0.2) is 11.6 Å². The Kier molecular flexibility index (Phi) is 3.15. The van der Waals surface area contributed by atoms with Crippen molar-refractivity contribution in [2.75, 3.05) is 11.9 Å². The summed E-state index contributed by atoms with van der Waals surface area (Å²) in [6.07, 6.45) is 6.24. The van der Waals surface area contributed by atoms with Crippen molar-refractivity contribution in [3.63, 3.8) is 0 Å². The van der Waals surface area contributed by atoms with Gasteiger partial charge in [0.1, 0.15) is 0 Å². The first-order chi connectivity index (χ1) is 9.28. The van der Waals surface area contributed by atoms with Crippen LogP contribution in [-0.4, -0.2) is 26.3 Å². The zero-order valence-corrected chi connectivity index (χ0v) is 10.8. The van der Waals surface area contributed by atoms with Gasteiger partial charge in [-0.15, -0.1) is 0 Å². The highest BCUT2D eigenvalue weighted by atomic mass is 19.1. The molecule has 100 valence electrons. The molecule has 0 aliphatic heterocycles. The lowest BCUT2D eigenvalue weighted by Gasteiger charge is -2.06.